The van der Waals surface area contributed by atoms with Crippen LogP contribution in [0.5, 0.6) is 0 Å². The van der Waals surface area contributed by atoms with Crippen molar-refractivity contribution >= 4 is 11.8 Å². The summed E-state index contributed by atoms with van der Waals surface area (Å²) in [5.74, 6) is 7.49. The topological polar surface area (TPSA) is 80.5 Å². The second kappa shape index (κ2) is 5.55. The first-order valence-corrected chi connectivity index (χ1v) is 7.23. The molecule has 0 amide bonds. The lowest BCUT2D eigenvalue weighted by Gasteiger charge is -2.16. The standard InChI is InChI=1S/C14H17N5S/c1-14(2,3)12-17-18-13(19(12)16)20-9-11-6-4-5-10(7-11)8-15/h4-7H,9,16H2,1-3H3. The Kier molecular flexibility index (Phi) is 4.00. The fourth-order valence-corrected chi connectivity index (χ4v) is 2.56. The van der Waals surface area contributed by atoms with Gasteiger partial charge in [-0.3, -0.25) is 0 Å². The van der Waals surface area contributed by atoms with Gasteiger partial charge in [0.2, 0.25) is 5.16 Å². The molecule has 0 fully saturated rings. The summed E-state index contributed by atoms with van der Waals surface area (Å²) in [4.78, 5) is 0. The van der Waals surface area contributed by atoms with Gasteiger partial charge in [-0.15, -0.1) is 10.2 Å². The van der Waals surface area contributed by atoms with Crippen LogP contribution >= 0.6 is 11.8 Å². The van der Waals surface area contributed by atoms with E-state index in [0.29, 0.717) is 16.5 Å². The van der Waals surface area contributed by atoms with Crippen LogP contribution in [-0.2, 0) is 11.2 Å². The van der Waals surface area contributed by atoms with E-state index >= 15 is 0 Å². The third-order valence-corrected chi connectivity index (χ3v) is 3.77. The molecule has 104 valence electrons. The van der Waals surface area contributed by atoms with Gasteiger partial charge in [-0.05, 0) is 17.7 Å². The number of nitriles is 1. The van der Waals surface area contributed by atoms with E-state index in [1.807, 2.05) is 39.0 Å². The van der Waals surface area contributed by atoms with Crippen LogP contribution in [0.3, 0.4) is 0 Å². The van der Waals surface area contributed by atoms with Gasteiger partial charge in [-0.2, -0.15) is 5.26 Å². The molecule has 0 unspecified atom stereocenters. The Bertz CT molecular complexity index is 648. The van der Waals surface area contributed by atoms with E-state index in [1.54, 1.807) is 10.7 Å². The second-order valence-corrected chi connectivity index (χ2v) is 6.47. The Balaban J connectivity index is 2.12. The number of rotatable bonds is 3. The number of hydrogen-bond donors (Lipinski definition) is 1. The Morgan fingerprint density at radius 3 is 2.70 bits per heavy atom. The molecule has 0 saturated heterocycles. The monoisotopic (exact) mass is 287 g/mol. The average Bonchev–Trinajstić information content (AvgIpc) is 2.78. The first-order valence-electron chi connectivity index (χ1n) is 6.24. The number of hydrogen-bond acceptors (Lipinski definition) is 5. The first kappa shape index (κ1) is 14.4. The number of nitrogens with two attached hydrogens (primary N) is 1. The lowest BCUT2D eigenvalue weighted by molar-refractivity contribution is 0.523. The lowest BCUT2D eigenvalue weighted by atomic mass is 9.96. The molecule has 1 aromatic heterocycles. The van der Waals surface area contributed by atoms with Crippen LogP contribution in [-0.4, -0.2) is 14.9 Å². The van der Waals surface area contributed by atoms with E-state index < -0.39 is 0 Å². The van der Waals surface area contributed by atoms with Crippen molar-refractivity contribution < 1.29 is 0 Å². The number of thioether (sulfide) groups is 1. The molecule has 1 heterocycles. The highest BCUT2D eigenvalue weighted by Gasteiger charge is 2.22. The molecular formula is C14H17N5S. The Morgan fingerprint density at radius 2 is 2.10 bits per heavy atom. The maximum atomic E-state index is 8.88. The summed E-state index contributed by atoms with van der Waals surface area (Å²) in [5.41, 5.74) is 1.59. The highest BCUT2D eigenvalue weighted by Crippen LogP contribution is 2.25. The zero-order chi connectivity index (χ0) is 14.8. The van der Waals surface area contributed by atoms with Crippen molar-refractivity contribution in [3.63, 3.8) is 0 Å². The van der Waals surface area contributed by atoms with E-state index in [1.165, 1.54) is 11.8 Å². The predicted octanol–water partition coefficient (Wildman–Crippen LogP) is 2.45. The van der Waals surface area contributed by atoms with E-state index in [9.17, 15) is 0 Å². The molecule has 0 bridgehead atoms. The molecule has 6 heteroatoms. The van der Waals surface area contributed by atoms with Gasteiger partial charge in [0.05, 0.1) is 11.6 Å². The van der Waals surface area contributed by atoms with Gasteiger partial charge in [0, 0.05) is 11.2 Å². The van der Waals surface area contributed by atoms with Crippen molar-refractivity contribution in [2.24, 2.45) is 0 Å². The zero-order valence-electron chi connectivity index (χ0n) is 11.8. The molecule has 2 N–H and O–H groups in total. The SMILES string of the molecule is CC(C)(C)c1nnc(SCc2cccc(C#N)c2)n1N. The Hall–Kier alpha value is -2.00. The summed E-state index contributed by atoms with van der Waals surface area (Å²) in [5, 5.41) is 17.8. The van der Waals surface area contributed by atoms with Crippen molar-refractivity contribution in [3.05, 3.63) is 41.2 Å². The van der Waals surface area contributed by atoms with Crippen molar-refractivity contribution in [3.8, 4) is 6.07 Å². The van der Waals surface area contributed by atoms with Gasteiger partial charge in [0.1, 0.15) is 0 Å². The number of nitrogen functional groups attached to an aromatic ring is 1. The van der Waals surface area contributed by atoms with Gasteiger partial charge in [0.15, 0.2) is 5.82 Å². The summed E-state index contributed by atoms with van der Waals surface area (Å²) < 4.78 is 1.54. The summed E-state index contributed by atoms with van der Waals surface area (Å²) >= 11 is 1.51. The predicted molar refractivity (Wildman–Crippen MR) is 79.6 cm³/mol. The van der Waals surface area contributed by atoms with Crippen molar-refractivity contribution in [2.45, 2.75) is 37.1 Å². The molecule has 2 rings (SSSR count). The molecule has 0 aliphatic rings. The number of benzene rings is 1. The van der Waals surface area contributed by atoms with Crippen LogP contribution < -0.4 is 5.84 Å². The quantitative estimate of drug-likeness (QED) is 0.692. The minimum Gasteiger partial charge on any atom is -0.336 e. The minimum absolute atomic E-state index is 0.138. The molecule has 0 aliphatic carbocycles. The maximum Gasteiger partial charge on any atom is 0.210 e. The second-order valence-electron chi connectivity index (χ2n) is 5.53. The number of nitrogens with zero attached hydrogens (tertiary/aromatic N) is 4. The molecule has 0 aliphatic heterocycles. The van der Waals surface area contributed by atoms with Gasteiger partial charge in [-0.1, -0.05) is 44.7 Å². The molecule has 20 heavy (non-hydrogen) atoms. The fourth-order valence-electron chi connectivity index (χ4n) is 1.77. The van der Waals surface area contributed by atoms with Crippen molar-refractivity contribution in [2.75, 3.05) is 5.84 Å². The summed E-state index contributed by atoms with van der Waals surface area (Å²) in [6, 6.07) is 9.65. The van der Waals surface area contributed by atoms with Gasteiger partial charge in [0.25, 0.3) is 0 Å². The molecular weight excluding hydrogens is 270 g/mol. The van der Waals surface area contributed by atoms with Crippen LogP contribution in [0.2, 0.25) is 0 Å². The molecule has 0 atom stereocenters. The molecule has 0 radical (unpaired) electrons. The van der Waals surface area contributed by atoms with E-state index in [-0.39, 0.29) is 5.41 Å². The Labute approximate surface area is 122 Å². The average molecular weight is 287 g/mol. The fraction of sp³-hybridized carbons (Fsp3) is 0.357. The largest absolute Gasteiger partial charge is 0.336 e. The first-order chi connectivity index (χ1) is 9.41. The van der Waals surface area contributed by atoms with Crippen LogP contribution in [0.1, 0.15) is 37.7 Å². The van der Waals surface area contributed by atoms with Gasteiger partial charge >= 0.3 is 0 Å². The molecule has 1 aromatic carbocycles. The lowest BCUT2D eigenvalue weighted by Crippen LogP contribution is -2.24. The highest BCUT2D eigenvalue weighted by molar-refractivity contribution is 7.98. The molecule has 2 aromatic rings. The van der Waals surface area contributed by atoms with Crippen molar-refractivity contribution in [1.29, 1.82) is 5.26 Å². The highest BCUT2D eigenvalue weighted by atomic mass is 32.2. The summed E-state index contributed by atoms with van der Waals surface area (Å²) in [7, 11) is 0. The minimum atomic E-state index is -0.138. The zero-order valence-corrected chi connectivity index (χ0v) is 12.6. The van der Waals surface area contributed by atoms with Gasteiger partial charge in [-0.25, -0.2) is 4.68 Å². The third-order valence-electron chi connectivity index (χ3n) is 2.76. The smallest absolute Gasteiger partial charge is 0.210 e. The molecule has 5 nitrogen and oxygen atoms in total. The number of aromatic nitrogens is 3. The molecule has 0 saturated carbocycles. The maximum absolute atomic E-state index is 8.88. The van der Waals surface area contributed by atoms with E-state index in [2.05, 4.69) is 16.3 Å². The summed E-state index contributed by atoms with van der Waals surface area (Å²) in [6.45, 7) is 6.14. The van der Waals surface area contributed by atoms with Crippen LogP contribution in [0.4, 0.5) is 0 Å². The van der Waals surface area contributed by atoms with E-state index in [4.69, 9.17) is 11.1 Å². The third kappa shape index (κ3) is 3.11. The Morgan fingerprint density at radius 1 is 1.35 bits per heavy atom. The van der Waals surface area contributed by atoms with Crippen LogP contribution in [0.15, 0.2) is 29.4 Å². The summed E-state index contributed by atoms with van der Waals surface area (Å²) in [6.07, 6.45) is 0. The normalized spacial score (nSPS) is 11.3. The molecule has 0 spiro atoms. The van der Waals surface area contributed by atoms with Crippen LogP contribution in [0.25, 0.3) is 0 Å². The van der Waals surface area contributed by atoms with Crippen LogP contribution in [0, 0.1) is 11.3 Å². The van der Waals surface area contributed by atoms with E-state index in [0.717, 1.165) is 11.4 Å². The van der Waals surface area contributed by atoms with Crippen molar-refractivity contribution in [1.82, 2.24) is 14.9 Å². The van der Waals surface area contributed by atoms with Gasteiger partial charge < -0.3 is 5.84 Å².